The van der Waals surface area contributed by atoms with Crippen LogP contribution in [0.1, 0.15) is 31.3 Å². The third kappa shape index (κ3) is 3.69. The molecule has 130 valence electrons. The van der Waals surface area contributed by atoms with Gasteiger partial charge < -0.3 is 19.2 Å². The molecular weight excluding hydrogens is 315 g/mol. The fourth-order valence-electron chi connectivity index (χ4n) is 2.57. The molecule has 8 heteroatoms. The number of nitrogens with zero attached hydrogens (tertiary/aromatic N) is 1. The number of ether oxygens (including phenoxy) is 1. The van der Waals surface area contributed by atoms with Crippen LogP contribution in [0.5, 0.6) is 0 Å². The molecule has 2 atom stereocenters. The number of aryl methyl sites for hydroxylation is 1. The minimum Gasteiger partial charge on any atom is -0.463 e. The lowest BCUT2D eigenvalue weighted by Gasteiger charge is -2.32. The van der Waals surface area contributed by atoms with E-state index in [4.69, 9.17) is 9.15 Å². The summed E-state index contributed by atoms with van der Waals surface area (Å²) in [7, 11) is 0. The van der Waals surface area contributed by atoms with Gasteiger partial charge in [0.15, 0.2) is 0 Å². The highest BCUT2D eigenvalue weighted by molar-refractivity contribution is 5.78. The van der Waals surface area contributed by atoms with Crippen molar-refractivity contribution in [2.75, 3.05) is 19.8 Å². The van der Waals surface area contributed by atoms with E-state index in [2.05, 4.69) is 0 Å². The second kappa shape index (κ2) is 6.52. The van der Waals surface area contributed by atoms with Gasteiger partial charge in [0, 0.05) is 19.2 Å². The maximum atomic E-state index is 13.4. The topological polar surface area (TPSA) is 62.9 Å². The van der Waals surface area contributed by atoms with Gasteiger partial charge in [-0.05, 0) is 32.4 Å². The summed E-state index contributed by atoms with van der Waals surface area (Å²) in [6, 6.07) is 2.12. The number of hydrogen-bond acceptors (Lipinski definition) is 4. The van der Waals surface area contributed by atoms with Crippen LogP contribution in [0.4, 0.5) is 13.2 Å². The van der Waals surface area contributed by atoms with Crippen molar-refractivity contribution in [1.29, 1.82) is 0 Å². The standard InChI is InChI=1S/C15H20F3NO4/c1-10-5-7-22-8-6-19(10)13(20)9-14(21,15(16,17)18)12-4-3-11(2)23-12/h3-4,10,21H,5-9H2,1-2H3. The van der Waals surface area contributed by atoms with Gasteiger partial charge in [0.1, 0.15) is 11.5 Å². The van der Waals surface area contributed by atoms with Crippen LogP contribution in [0, 0.1) is 6.92 Å². The summed E-state index contributed by atoms with van der Waals surface area (Å²) < 4.78 is 50.4. The molecule has 0 saturated carbocycles. The molecule has 1 amide bonds. The zero-order valence-corrected chi connectivity index (χ0v) is 13.0. The molecule has 23 heavy (non-hydrogen) atoms. The molecule has 1 aliphatic heterocycles. The molecule has 0 bridgehead atoms. The molecule has 2 rings (SSSR count). The van der Waals surface area contributed by atoms with Gasteiger partial charge >= 0.3 is 6.18 Å². The predicted molar refractivity (Wildman–Crippen MR) is 74.6 cm³/mol. The van der Waals surface area contributed by atoms with Crippen LogP contribution in [-0.4, -0.2) is 47.9 Å². The van der Waals surface area contributed by atoms with E-state index < -0.39 is 29.9 Å². The summed E-state index contributed by atoms with van der Waals surface area (Å²) >= 11 is 0. The number of carbonyl (C=O) groups is 1. The molecule has 2 heterocycles. The first-order valence-electron chi connectivity index (χ1n) is 7.38. The van der Waals surface area contributed by atoms with Crippen molar-refractivity contribution in [3.63, 3.8) is 0 Å². The first-order valence-corrected chi connectivity index (χ1v) is 7.38. The highest BCUT2D eigenvalue weighted by Crippen LogP contribution is 2.42. The zero-order chi connectivity index (χ0) is 17.3. The Morgan fingerprint density at radius 1 is 1.39 bits per heavy atom. The van der Waals surface area contributed by atoms with E-state index in [-0.39, 0.29) is 25.0 Å². The fourth-order valence-corrected chi connectivity index (χ4v) is 2.57. The van der Waals surface area contributed by atoms with Crippen molar-refractivity contribution in [3.8, 4) is 0 Å². The second-order valence-electron chi connectivity index (χ2n) is 5.78. The Morgan fingerprint density at radius 3 is 2.65 bits per heavy atom. The maximum absolute atomic E-state index is 13.4. The lowest BCUT2D eigenvalue weighted by molar-refractivity contribution is -0.274. The van der Waals surface area contributed by atoms with Crippen LogP contribution in [0.3, 0.4) is 0 Å². The molecule has 2 unspecified atom stereocenters. The van der Waals surface area contributed by atoms with Crippen molar-refractivity contribution >= 4 is 5.91 Å². The Morgan fingerprint density at radius 2 is 2.09 bits per heavy atom. The monoisotopic (exact) mass is 335 g/mol. The fraction of sp³-hybridized carbons (Fsp3) is 0.667. The lowest BCUT2D eigenvalue weighted by Crippen LogP contribution is -2.48. The molecule has 1 aliphatic rings. The summed E-state index contributed by atoms with van der Waals surface area (Å²) in [4.78, 5) is 13.7. The van der Waals surface area contributed by atoms with Crippen molar-refractivity contribution in [3.05, 3.63) is 23.7 Å². The summed E-state index contributed by atoms with van der Waals surface area (Å²) in [6.45, 7) is 4.13. The van der Waals surface area contributed by atoms with Crippen LogP contribution >= 0.6 is 0 Å². The van der Waals surface area contributed by atoms with Gasteiger partial charge in [0.2, 0.25) is 11.5 Å². The van der Waals surface area contributed by atoms with Gasteiger partial charge in [-0.3, -0.25) is 4.79 Å². The lowest BCUT2D eigenvalue weighted by atomic mass is 9.94. The molecule has 1 fully saturated rings. The van der Waals surface area contributed by atoms with Crippen molar-refractivity contribution in [2.24, 2.45) is 0 Å². The van der Waals surface area contributed by atoms with Crippen LogP contribution < -0.4 is 0 Å². The Labute approximate surface area is 132 Å². The second-order valence-corrected chi connectivity index (χ2v) is 5.78. The number of amides is 1. The van der Waals surface area contributed by atoms with E-state index in [0.29, 0.717) is 13.0 Å². The summed E-state index contributed by atoms with van der Waals surface area (Å²) in [6.07, 6.45) is -5.61. The number of hydrogen-bond donors (Lipinski definition) is 1. The van der Waals surface area contributed by atoms with Gasteiger partial charge in [-0.15, -0.1) is 0 Å². The molecule has 0 aliphatic carbocycles. The molecule has 1 aromatic heterocycles. The van der Waals surface area contributed by atoms with Gasteiger partial charge in [-0.25, -0.2) is 0 Å². The molecular formula is C15H20F3NO4. The van der Waals surface area contributed by atoms with E-state index >= 15 is 0 Å². The summed E-state index contributed by atoms with van der Waals surface area (Å²) in [5.41, 5.74) is -3.34. The van der Waals surface area contributed by atoms with E-state index in [1.807, 2.05) is 0 Å². The molecule has 0 radical (unpaired) electrons. The number of halogens is 3. The minimum absolute atomic E-state index is 0.200. The van der Waals surface area contributed by atoms with Crippen LogP contribution in [0.2, 0.25) is 0 Å². The number of rotatable bonds is 3. The Kier molecular flexibility index (Phi) is 5.05. The van der Waals surface area contributed by atoms with Crippen molar-refractivity contribution in [1.82, 2.24) is 4.90 Å². The predicted octanol–water partition coefficient (Wildman–Crippen LogP) is 2.37. The zero-order valence-electron chi connectivity index (χ0n) is 13.0. The molecule has 0 spiro atoms. The number of alkyl halides is 3. The Balaban J connectivity index is 2.26. The van der Waals surface area contributed by atoms with Crippen LogP contribution in [0.25, 0.3) is 0 Å². The first-order chi connectivity index (χ1) is 10.6. The normalized spacial score (nSPS) is 22.5. The number of furan rings is 1. The van der Waals surface area contributed by atoms with Crippen LogP contribution in [-0.2, 0) is 15.1 Å². The number of aliphatic hydroxyl groups is 1. The van der Waals surface area contributed by atoms with E-state index in [1.165, 1.54) is 17.9 Å². The first kappa shape index (κ1) is 17.8. The maximum Gasteiger partial charge on any atom is 0.425 e. The third-order valence-corrected chi connectivity index (χ3v) is 4.03. The Hall–Kier alpha value is -1.54. The largest absolute Gasteiger partial charge is 0.463 e. The van der Waals surface area contributed by atoms with Crippen molar-refractivity contribution in [2.45, 2.75) is 44.5 Å². The Bertz CT molecular complexity index is 557. The smallest absolute Gasteiger partial charge is 0.425 e. The molecule has 1 aromatic rings. The summed E-state index contributed by atoms with van der Waals surface area (Å²) in [5.74, 6) is -1.22. The SMILES string of the molecule is Cc1ccc(C(O)(CC(=O)N2CCOCCC2C)C(F)(F)F)o1. The van der Waals surface area contributed by atoms with E-state index in [0.717, 1.165) is 6.07 Å². The molecule has 5 nitrogen and oxygen atoms in total. The van der Waals surface area contributed by atoms with Gasteiger partial charge in [0.25, 0.3) is 0 Å². The van der Waals surface area contributed by atoms with Gasteiger partial charge in [-0.1, -0.05) is 0 Å². The van der Waals surface area contributed by atoms with E-state index in [1.54, 1.807) is 6.92 Å². The van der Waals surface area contributed by atoms with Crippen LogP contribution in [0.15, 0.2) is 16.5 Å². The average molecular weight is 335 g/mol. The molecule has 1 saturated heterocycles. The van der Waals surface area contributed by atoms with Gasteiger partial charge in [0.05, 0.1) is 13.0 Å². The van der Waals surface area contributed by atoms with Crippen molar-refractivity contribution < 1.29 is 32.2 Å². The number of carbonyl (C=O) groups excluding carboxylic acids is 1. The highest BCUT2D eigenvalue weighted by Gasteiger charge is 2.58. The van der Waals surface area contributed by atoms with E-state index in [9.17, 15) is 23.1 Å². The summed E-state index contributed by atoms with van der Waals surface area (Å²) in [5, 5.41) is 10.2. The van der Waals surface area contributed by atoms with Gasteiger partial charge in [-0.2, -0.15) is 13.2 Å². The minimum atomic E-state index is -5.03. The third-order valence-electron chi connectivity index (χ3n) is 4.03. The molecule has 0 aromatic carbocycles. The highest BCUT2D eigenvalue weighted by atomic mass is 19.4. The molecule has 1 N–H and O–H groups in total. The average Bonchev–Trinajstić information content (AvgIpc) is 2.76. The quantitative estimate of drug-likeness (QED) is 0.921.